The molecule has 1 saturated heterocycles. The molecule has 1 aliphatic rings. The van der Waals surface area contributed by atoms with E-state index in [0.29, 0.717) is 5.82 Å². The lowest BCUT2D eigenvalue weighted by Crippen LogP contribution is -2.20. The number of aromatic nitrogens is 5. The summed E-state index contributed by atoms with van der Waals surface area (Å²) in [5, 5.41) is 4.92. The Kier molecular flexibility index (Phi) is 2.45. The van der Waals surface area contributed by atoms with Gasteiger partial charge in [-0.05, 0) is 19.4 Å². The molecule has 1 N–H and O–H groups in total. The van der Waals surface area contributed by atoms with Gasteiger partial charge in [-0.15, -0.1) is 0 Å². The van der Waals surface area contributed by atoms with E-state index in [2.05, 4.69) is 30.0 Å². The Hall–Kier alpha value is -2.44. The molecule has 0 amide bonds. The smallest absolute Gasteiger partial charge is 0.231 e. The zero-order chi connectivity index (χ0) is 13.5. The second-order valence-corrected chi connectivity index (χ2v) is 5.05. The fourth-order valence-corrected chi connectivity index (χ4v) is 2.74. The number of nitrogens with zero attached hydrogens (tertiary/aromatic N) is 5. The minimum absolute atomic E-state index is 0.278. The lowest BCUT2D eigenvalue weighted by molar-refractivity contribution is 0.356. The topological polar surface area (TPSA) is 83.7 Å². The maximum Gasteiger partial charge on any atom is 0.231 e. The van der Waals surface area contributed by atoms with Gasteiger partial charge in [0.15, 0.2) is 5.82 Å². The minimum Gasteiger partial charge on any atom is -0.355 e. The molecule has 0 radical (unpaired) electrons. The fourth-order valence-electron chi connectivity index (χ4n) is 2.74. The molecule has 1 unspecified atom stereocenters. The van der Waals surface area contributed by atoms with Crippen molar-refractivity contribution in [3.63, 3.8) is 0 Å². The Morgan fingerprint density at radius 2 is 2.35 bits per heavy atom. The Bertz CT molecular complexity index is 748. The van der Waals surface area contributed by atoms with E-state index >= 15 is 0 Å². The first kappa shape index (κ1) is 11.4. The van der Waals surface area contributed by atoms with Crippen molar-refractivity contribution < 1.29 is 4.52 Å². The van der Waals surface area contributed by atoms with Crippen molar-refractivity contribution in [1.82, 2.24) is 25.1 Å². The van der Waals surface area contributed by atoms with Crippen molar-refractivity contribution in [3.05, 3.63) is 30.3 Å². The highest BCUT2D eigenvalue weighted by atomic mass is 16.5. The standard InChI is InChI=1S/C13H14N6O/c1-8-17-13(20-18-8)9-3-5-19(6-9)12-10-2-4-14-11(10)15-7-16-12/h2,4,7,9H,3,5-6H2,1H3,(H,14,15,16). The summed E-state index contributed by atoms with van der Waals surface area (Å²) in [5.74, 6) is 2.66. The summed E-state index contributed by atoms with van der Waals surface area (Å²) >= 11 is 0. The van der Waals surface area contributed by atoms with E-state index < -0.39 is 0 Å². The molecule has 0 spiro atoms. The van der Waals surface area contributed by atoms with Gasteiger partial charge in [-0.3, -0.25) is 0 Å². The number of aromatic amines is 1. The number of hydrogen-bond acceptors (Lipinski definition) is 6. The summed E-state index contributed by atoms with van der Waals surface area (Å²) in [4.78, 5) is 18.3. The largest absolute Gasteiger partial charge is 0.355 e. The summed E-state index contributed by atoms with van der Waals surface area (Å²) in [6.07, 6.45) is 4.48. The molecule has 7 nitrogen and oxygen atoms in total. The predicted molar refractivity (Wildman–Crippen MR) is 72.5 cm³/mol. The van der Waals surface area contributed by atoms with Crippen LogP contribution in [0.1, 0.15) is 24.1 Å². The van der Waals surface area contributed by atoms with Gasteiger partial charge in [0.2, 0.25) is 5.89 Å². The normalized spacial score (nSPS) is 19.1. The second kappa shape index (κ2) is 4.29. The molecule has 20 heavy (non-hydrogen) atoms. The van der Waals surface area contributed by atoms with Crippen molar-refractivity contribution in [2.75, 3.05) is 18.0 Å². The molecule has 0 aromatic carbocycles. The van der Waals surface area contributed by atoms with Crippen molar-refractivity contribution in [1.29, 1.82) is 0 Å². The number of nitrogens with one attached hydrogen (secondary N) is 1. The second-order valence-electron chi connectivity index (χ2n) is 5.05. The maximum atomic E-state index is 5.28. The molecule has 1 aliphatic heterocycles. The number of H-pyrrole nitrogens is 1. The first-order valence-corrected chi connectivity index (χ1v) is 6.64. The quantitative estimate of drug-likeness (QED) is 0.762. The summed E-state index contributed by atoms with van der Waals surface area (Å²) < 4.78 is 5.28. The third kappa shape index (κ3) is 1.74. The number of hydrogen-bond donors (Lipinski definition) is 1. The Labute approximate surface area is 115 Å². The van der Waals surface area contributed by atoms with Crippen molar-refractivity contribution >= 4 is 16.9 Å². The number of anilines is 1. The van der Waals surface area contributed by atoms with E-state index in [1.165, 1.54) is 0 Å². The van der Waals surface area contributed by atoms with Gasteiger partial charge < -0.3 is 14.4 Å². The molecule has 0 bridgehead atoms. The highest BCUT2D eigenvalue weighted by Gasteiger charge is 2.29. The highest BCUT2D eigenvalue weighted by Crippen LogP contribution is 2.31. The van der Waals surface area contributed by atoms with E-state index in [1.54, 1.807) is 6.33 Å². The van der Waals surface area contributed by atoms with E-state index in [0.717, 1.165) is 42.3 Å². The van der Waals surface area contributed by atoms with Gasteiger partial charge in [0.05, 0.1) is 11.3 Å². The third-order valence-electron chi connectivity index (χ3n) is 3.71. The average Bonchev–Trinajstić information content (AvgIpc) is 3.17. The molecule has 4 rings (SSSR count). The summed E-state index contributed by atoms with van der Waals surface area (Å²) in [6.45, 7) is 3.62. The van der Waals surface area contributed by atoms with E-state index in [9.17, 15) is 0 Å². The molecular formula is C13H14N6O. The molecule has 1 fully saturated rings. The van der Waals surface area contributed by atoms with Gasteiger partial charge in [0, 0.05) is 19.3 Å². The SMILES string of the molecule is Cc1noc(C2CCN(c3ncnc4[nH]ccc34)C2)n1. The van der Waals surface area contributed by atoms with Crippen LogP contribution >= 0.6 is 0 Å². The van der Waals surface area contributed by atoms with Crippen molar-refractivity contribution in [2.45, 2.75) is 19.3 Å². The van der Waals surface area contributed by atoms with Crippen LogP contribution in [0.15, 0.2) is 23.1 Å². The Balaban J connectivity index is 1.63. The molecule has 3 aromatic rings. The van der Waals surface area contributed by atoms with Crippen LogP contribution in [0, 0.1) is 6.92 Å². The summed E-state index contributed by atoms with van der Waals surface area (Å²) in [5.41, 5.74) is 0.868. The first-order valence-electron chi connectivity index (χ1n) is 6.64. The van der Waals surface area contributed by atoms with Crippen LogP contribution in [0.5, 0.6) is 0 Å². The van der Waals surface area contributed by atoms with Crippen LogP contribution < -0.4 is 4.90 Å². The van der Waals surface area contributed by atoms with Crippen LogP contribution in [0.25, 0.3) is 11.0 Å². The van der Waals surface area contributed by atoms with Crippen LogP contribution in [0.4, 0.5) is 5.82 Å². The molecule has 7 heteroatoms. The zero-order valence-corrected chi connectivity index (χ0v) is 11.1. The van der Waals surface area contributed by atoms with Gasteiger partial charge in [-0.2, -0.15) is 4.98 Å². The molecule has 0 saturated carbocycles. The first-order chi connectivity index (χ1) is 9.81. The number of aryl methyl sites for hydroxylation is 1. The van der Waals surface area contributed by atoms with Gasteiger partial charge in [0.1, 0.15) is 17.8 Å². The predicted octanol–water partition coefficient (Wildman–Crippen LogP) is 1.64. The van der Waals surface area contributed by atoms with Gasteiger partial charge in [-0.1, -0.05) is 5.16 Å². The highest BCUT2D eigenvalue weighted by molar-refractivity contribution is 5.87. The van der Waals surface area contributed by atoms with E-state index in [4.69, 9.17) is 4.52 Å². The zero-order valence-electron chi connectivity index (χ0n) is 11.1. The fraction of sp³-hybridized carbons (Fsp3) is 0.385. The molecule has 0 aliphatic carbocycles. The maximum absolute atomic E-state index is 5.28. The Morgan fingerprint density at radius 1 is 1.40 bits per heavy atom. The molecule has 4 heterocycles. The van der Waals surface area contributed by atoms with Crippen LogP contribution in [-0.4, -0.2) is 38.2 Å². The van der Waals surface area contributed by atoms with Crippen LogP contribution in [-0.2, 0) is 0 Å². The van der Waals surface area contributed by atoms with Gasteiger partial charge in [0.25, 0.3) is 0 Å². The number of fused-ring (bicyclic) bond motifs is 1. The summed E-state index contributed by atoms with van der Waals surface area (Å²) in [7, 11) is 0. The number of rotatable bonds is 2. The Morgan fingerprint density at radius 3 is 3.20 bits per heavy atom. The minimum atomic E-state index is 0.278. The van der Waals surface area contributed by atoms with Crippen LogP contribution in [0.3, 0.4) is 0 Å². The lowest BCUT2D eigenvalue weighted by atomic mass is 10.1. The van der Waals surface area contributed by atoms with E-state index in [-0.39, 0.29) is 5.92 Å². The lowest BCUT2D eigenvalue weighted by Gasteiger charge is -2.17. The molecule has 102 valence electrons. The molecular weight excluding hydrogens is 256 g/mol. The summed E-state index contributed by atoms with van der Waals surface area (Å²) in [6, 6.07) is 2.01. The van der Waals surface area contributed by atoms with Crippen LogP contribution in [0.2, 0.25) is 0 Å². The third-order valence-corrected chi connectivity index (χ3v) is 3.71. The van der Waals surface area contributed by atoms with Crippen molar-refractivity contribution in [3.8, 4) is 0 Å². The monoisotopic (exact) mass is 270 g/mol. The average molecular weight is 270 g/mol. The van der Waals surface area contributed by atoms with E-state index in [1.807, 2.05) is 19.2 Å². The molecule has 1 atom stereocenters. The molecule has 3 aromatic heterocycles. The van der Waals surface area contributed by atoms with Crippen molar-refractivity contribution in [2.24, 2.45) is 0 Å². The van der Waals surface area contributed by atoms with Gasteiger partial charge in [-0.25, -0.2) is 9.97 Å². The van der Waals surface area contributed by atoms with Gasteiger partial charge >= 0.3 is 0 Å².